The molecule has 0 radical (unpaired) electrons. The lowest BCUT2D eigenvalue weighted by Crippen LogP contribution is -2.46. The van der Waals surface area contributed by atoms with Crippen LogP contribution in [-0.4, -0.2) is 45.3 Å². The van der Waals surface area contributed by atoms with E-state index in [4.69, 9.17) is 9.47 Å². The lowest BCUT2D eigenvalue weighted by molar-refractivity contribution is 0.189. The average Bonchev–Trinajstić information content (AvgIpc) is 2.37. The summed E-state index contributed by atoms with van der Waals surface area (Å²) >= 11 is 2.27. The molecule has 1 N–H and O–H groups in total. The smallest absolute Gasteiger partial charge is 0.174 e. The van der Waals surface area contributed by atoms with Crippen LogP contribution in [-0.2, 0) is 6.54 Å². The Morgan fingerprint density at radius 2 is 1.85 bits per heavy atom. The number of methoxy groups -OCH3 is 2. The van der Waals surface area contributed by atoms with E-state index in [2.05, 4.69) is 66.8 Å². The fourth-order valence-corrected chi connectivity index (χ4v) is 2.63. The summed E-state index contributed by atoms with van der Waals surface area (Å²) in [6.07, 6.45) is 0. The Morgan fingerprint density at radius 3 is 2.35 bits per heavy atom. The summed E-state index contributed by atoms with van der Waals surface area (Å²) in [5.74, 6) is 1.58. The minimum Gasteiger partial charge on any atom is -0.493 e. The van der Waals surface area contributed by atoms with E-state index < -0.39 is 0 Å². The normalized spacial score (nSPS) is 11.8. The van der Waals surface area contributed by atoms with E-state index in [1.165, 1.54) is 5.56 Å². The van der Waals surface area contributed by atoms with E-state index in [9.17, 15) is 0 Å². The molecule has 114 valence electrons. The molecular weight excluding hydrogens is 367 g/mol. The maximum absolute atomic E-state index is 5.38. The van der Waals surface area contributed by atoms with E-state index in [-0.39, 0.29) is 5.54 Å². The van der Waals surface area contributed by atoms with Crippen LogP contribution in [0.5, 0.6) is 11.5 Å². The van der Waals surface area contributed by atoms with Crippen molar-refractivity contribution < 1.29 is 9.47 Å². The summed E-state index contributed by atoms with van der Waals surface area (Å²) in [7, 11) is 7.53. The first-order chi connectivity index (χ1) is 9.31. The standard InChI is InChI=1S/C15H25IN2O2/c1-15(2,18(3)4)10-17-9-11-7-12(16)14(20-6)13(8-11)19-5/h7-8,17H,9-10H2,1-6H3. The molecule has 0 aliphatic carbocycles. The van der Waals surface area contributed by atoms with Crippen molar-refractivity contribution in [2.45, 2.75) is 25.9 Å². The molecule has 20 heavy (non-hydrogen) atoms. The van der Waals surface area contributed by atoms with Gasteiger partial charge in [-0.25, -0.2) is 0 Å². The van der Waals surface area contributed by atoms with Gasteiger partial charge in [0.2, 0.25) is 0 Å². The van der Waals surface area contributed by atoms with Gasteiger partial charge in [-0.2, -0.15) is 0 Å². The number of likely N-dealkylation sites (N-methyl/N-ethyl adjacent to an activating group) is 1. The fraction of sp³-hybridized carbons (Fsp3) is 0.600. The number of nitrogens with one attached hydrogen (secondary N) is 1. The first kappa shape index (κ1) is 17.5. The number of ether oxygens (including phenoxy) is 2. The zero-order valence-electron chi connectivity index (χ0n) is 13.2. The lowest BCUT2D eigenvalue weighted by Gasteiger charge is -2.32. The van der Waals surface area contributed by atoms with Gasteiger partial charge in [0.15, 0.2) is 11.5 Å². The van der Waals surface area contributed by atoms with Crippen molar-refractivity contribution in [3.63, 3.8) is 0 Å². The van der Waals surface area contributed by atoms with E-state index in [1.807, 2.05) is 6.07 Å². The van der Waals surface area contributed by atoms with Crippen molar-refractivity contribution in [2.24, 2.45) is 0 Å². The maximum Gasteiger partial charge on any atom is 0.174 e. The minimum atomic E-state index is 0.129. The molecule has 0 aliphatic rings. The SMILES string of the molecule is COc1cc(CNCC(C)(C)N(C)C)cc(I)c1OC. The third-order valence-corrected chi connectivity index (χ3v) is 4.39. The molecule has 1 rings (SSSR count). The molecule has 1 aromatic carbocycles. The Kier molecular flexibility index (Phi) is 6.54. The molecule has 0 heterocycles. The zero-order valence-corrected chi connectivity index (χ0v) is 15.4. The second-order valence-corrected chi connectivity index (χ2v) is 6.79. The third-order valence-electron chi connectivity index (χ3n) is 3.59. The topological polar surface area (TPSA) is 33.7 Å². The van der Waals surface area contributed by atoms with Crippen LogP contribution in [0.2, 0.25) is 0 Å². The predicted octanol–water partition coefficient (Wildman–Crippen LogP) is 2.74. The first-order valence-electron chi connectivity index (χ1n) is 6.60. The van der Waals surface area contributed by atoms with Crippen molar-refractivity contribution in [3.05, 3.63) is 21.3 Å². The average molecular weight is 392 g/mol. The van der Waals surface area contributed by atoms with Gasteiger partial charge in [-0.3, -0.25) is 0 Å². The monoisotopic (exact) mass is 392 g/mol. The molecule has 5 heteroatoms. The second-order valence-electron chi connectivity index (χ2n) is 5.62. The van der Waals surface area contributed by atoms with Gasteiger partial charge in [0.05, 0.1) is 17.8 Å². The zero-order chi connectivity index (χ0) is 15.3. The molecule has 0 amide bonds. The molecule has 0 atom stereocenters. The third kappa shape index (κ3) is 4.49. The van der Waals surface area contributed by atoms with Gasteiger partial charge in [-0.1, -0.05) is 0 Å². The van der Waals surface area contributed by atoms with Crippen LogP contribution in [0.1, 0.15) is 19.4 Å². The van der Waals surface area contributed by atoms with Crippen molar-refractivity contribution in [3.8, 4) is 11.5 Å². The van der Waals surface area contributed by atoms with Crippen LogP contribution >= 0.6 is 22.6 Å². The van der Waals surface area contributed by atoms with Crippen molar-refractivity contribution in [2.75, 3.05) is 34.9 Å². The molecule has 0 unspecified atom stereocenters. The van der Waals surface area contributed by atoms with Gasteiger partial charge in [0.1, 0.15) is 0 Å². The predicted molar refractivity (Wildman–Crippen MR) is 91.7 cm³/mol. The highest BCUT2D eigenvalue weighted by atomic mass is 127. The lowest BCUT2D eigenvalue weighted by atomic mass is 10.0. The fourth-order valence-electron chi connectivity index (χ4n) is 1.74. The number of hydrogen-bond acceptors (Lipinski definition) is 4. The van der Waals surface area contributed by atoms with Crippen LogP contribution in [0, 0.1) is 3.57 Å². The largest absolute Gasteiger partial charge is 0.493 e. The van der Waals surface area contributed by atoms with Crippen LogP contribution in [0.25, 0.3) is 0 Å². The molecule has 4 nitrogen and oxygen atoms in total. The van der Waals surface area contributed by atoms with Crippen molar-refractivity contribution in [1.82, 2.24) is 10.2 Å². The van der Waals surface area contributed by atoms with E-state index in [1.54, 1.807) is 14.2 Å². The second kappa shape index (κ2) is 7.47. The first-order valence-corrected chi connectivity index (χ1v) is 7.68. The number of hydrogen-bond donors (Lipinski definition) is 1. The Hall–Kier alpha value is -0.530. The quantitative estimate of drug-likeness (QED) is 0.724. The molecule has 1 aromatic rings. The summed E-state index contributed by atoms with van der Waals surface area (Å²) in [5.41, 5.74) is 1.32. The summed E-state index contributed by atoms with van der Waals surface area (Å²) < 4.78 is 11.8. The highest BCUT2D eigenvalue weighted by Gasteiger charge is 2.19. The summed E-state index contributed by atoms with van der Waals surface area (Å²) in [4.78, 5) is 2.22. The van der Waals surface area contributed by atoms with Gasteiger partial charge in [0.25, 0.3) is 0 Å². The van der Waals surface area contributed by atoms with Gasteiger partial charge >= 0.3 is 0 Å². The molecule has 0 spiro atoms. The molecule has 0 aliphatic heterocycles. The molecule has 0 saturated carbocycles. The summed E-state index contributed by atoms with van der Waals surface area (Å²) in [6.45, 7) is 6.18. The van der Waals surface area contributed by atoms with Crippen LogP contribution in [0.3, 0.4) is 0 Å². The van der Waals surface area contributed by atoms with Gasteiger partial charge in [0, 0.05) is 18.6 Å². The highest BCUT2D eigenvalue weighted by Crippen LogP contribution is 2.33. The molecular formula is C15H25IN2O2. The molecule has 0 saturated heterocycles. The number of nitrogens with zero attached hydrogens (tertiary/aromatic N) is 1. The van der Waals surface area contributed by atoms with Crippen LogP contribution < -0.4 is 14.8 Å². The Balaban J connectivity index is 2.72. The summed E-state index contributed by atoms with van der Waals surface area (Å²) in [6, 6.07) is 4.15. The van der Waals surface area contributed by atoms with Crippen LogP contribution in [0.15, 0.2) is 12.1 Å². The summed E-state index contributed by atoms with van der Waals surface area (Å²) in [5, 5.41) is 3.50. The minimum absolute atomic E-state index is 0.129. The Bertz CT molecular complexity index is 448. The van der Waals surface area contributed by atoms with Gasteiger partial charge in [-0.05, 0) is 68.2 Å². The Labute approximate surface area is 136 Å². The van der Waals surface area contributed by atoms with Gasteiger partial charge < -0.3 is 19.7 Å². The molecule has 0 fully saturated rings. The van der Waals surface area contributed by atoms with E-state index in [0.29, 0.717) is 0 Å². The maximum atomic E-state index is 5.38. The van der Waals surface area contributed by atoms with Gasteiger partial charge in [-0.15, -0.1) is 0 Å². The van der Waals surface area contributed by atoms with Crippen LogP contribution in [0.4, 0.5) is 0 Å². The number of rotatable bonds is 7. The van der Waals surface area contributed by atoms with E-state index in [0.717, 1.165) is 28.2 Å². The van der Waals surface area contributed by atoms with Crippen molar-refractivity contribution >= 4 is 22.6 Å². The van der Waals surface area contributed by atoms with Crippen molar-refractivity contribution in [1.29, 1.82) is 0 Å². The number of benzene rings is 1. The molecule has 0 bridgehead atoms. The number of halogens is 1. The van der Waals surface area contributed by atoms with E-state index >= 15 is 0 Å². The highest BCUT2D eigenvalue weighted by molar-refractivity contribution is 14.1. The molecule has 0 aromatic heterocycles. The Morgan fingerprint density at radius 1 is 1.20 bits per heavy atom.